The van der Waals surface area contributed by atoms with Gasteiger partial charge in [0.1, 0.15) is 0 Å². The normalized spacial score (nSPS) is 12.7. The van der Waals surface area contributed by atoms with Gasteiger partial charge in [-0.15, -0.1) is 0 Å². The number of esters is 1. The molecule has 0 heterocycles. The molecule has 0 aliphatic heterocycles. The SMILES string of the molecule is CCCCCCC(COP=O)C(=O)OC. The highest BCUT2D eigenvalue weighted by atomic mass is 31.1. The molecule has 5 heteroatoms. The van der Waals surface area contributed by atoms with Crippen LogP contribution in [0.3, 0.4) is 0 Å². The summed E-state index contributed by atoms with van der Waals surface area (Å²) in [7, 11) is 0.975. The monoisotopic (exact) mass is 234 g/mol. The quantitative estimate of drug-likeness (QED) is 0.349. The van der Waals surface area contributed by atoms with Gasteiger partial charge < -0.3 is 4.74 Å². The van der Waals surface area contributed by atoms with Gasteiger partial charge in [-0.05, 0) is 6.42 Å². The summed E-state index contributed by atoms with van der Waals surface area (Å²) in [6.45, 7) is 2.31. The molecule has 88 valence electrons. The van der Waals surface area contributed by atoms with E-state index in [-0.39, 0.29) is 27.2 Å². The molecule has 0 saturated carbocycles. The third-order valence-electron chi connectivity index (χ3n) is 2.27. The van der Waals surface area contributed by atoms with Crippen LogP contribution in [0.1, 0.15) is 39.0 Å². The second-order valence-corrected chi connectivity index (χ2v) is 3.85. The maximum Gasteiger partial charge on any atom is 0.327 e. The highest BCUT2D eigenvalue weighted by molar-refractivity contribution is 7.17. The minimum Gasteiger partial charge on any atom is -0.469 e. The van der Waals surface area contributed by atoms with E-state index in [9.17, 15) is 9.36 Å². The molecule has 0 saturated heterocycles. The summed E-state index contributed by atoms with van der Waals surface area (Å²) in [5.41, 5.74) is 0. The Morgan fingerprint density at radius 1 is 1.33 bits per heavy atom. The van der Waals surface area contributed by atoms with E-state index in [0.717, 1.165) is 19.3 Å². The zero-order chi connectivity index (χ0) is 11.5. The number of hydrogen-bond acceptors (Lipinski definition) is 4. The van der Waals surface area contributed by atoms with E-state index in [0.29, 0.717) is 0 Å². The summed E-state index contributed by atoms with van der Waals surface area (Å²) in [5, 5.41) is 0. The zero-order valence-electron chi connectivity index (χ0n) is 9.40. The molecular formula is C10H19O4P. The lowest BCUT2D eigenvalue weighted by atomic mass is 10.0. The first kappa shape index (κ1) is 14.5. The predicted molar refractivity (Wildman–Crippen MR) is 57.8 cm³/mol. The van der Waals surface area contributed by atoms with Gasteiger partial charge in [0.15, 0.2) is 0 Å². The molecule has 1 atom stereocenters. The van der Waals surface area contributed by atoms with Crippen LogP contribution in [0.2, 0.25) is 0 Å². The van der Waals surface area contributed by atoms with Crippen molar-refractivity contribution in [2.24, 2.45) is 5.92 Å². The van der Waals surface area contributed by atoms with Gasteiger partial charge in [-0.2, -0.15) is 0 Å². The van der Waals surface area contributed by atoms with Crippen LogP contribution in [-0.4, -0.2) is 19.7 Å². The van der Waals surface area contributed by atoms with E-state index in [1.54, 1.807) is 0 Å². The van der Waals surface area contributed by atoms with Gasteiger partial charge in [0.25, 0.3) is 0 Å². The molecule has 0 radical (unpaired) electrons. The van der Waals surface area contributed by atoms with Crippen molar-refractivity contribution in [3.8, 4) is 0 Å². The van der Waals surface area contributed by atoms with E-state index in [1.807, 2.05) is 0 Å². The summed E-state index contributed by atoms with van der Waals surface area (Å²) in [6.07, 6.45) is 5.17. The minimum absolute atomic E-state index is 0.170. The van der Waals surface area contributed by atoms with Crippen molar-refractivity contribution >= 4 is 14.7 Å². The van der Waals surface area contributed by atoms with Crippen LogP contribution in [0.4, 0.5) is 0 Å². The smallest absolute Gasteiger partial charge is 0.327 e. The fourth-order valence-corrected chi connectivity index (χ4v) is 1.61. The molecule has 0 fully saturated rings. The fraction of sp³-hybridized carbons (Fsp3) is 0.900. The van der Waals surface area contributed by atoms with Gasteiger partial charge in [0.2, 0.25) is 0 Å². The Labute approximate surface area is 92.6 Å². The lowest BCUT2D eigenvalue weighted by Gasteiger charge is -2.12. The van der Waals surface area contributed by atoms with Gasteiger partial charge in [-0.1, -0.05) is 32.6 Å². The van der Waals surface area contributed by atoms with Crippen LogP contribution < -0.4 is 0 Å². The van der Waals surface area contributed by atoms with Gasteiger partial charge >= 0.3 is 14.7 Å². The Bertz CT molecular complexity index is 184. The molecule has 0 aromatic rings. The average Bonchev–Trinajstić information content (AvgIpc) is 2.27. The third-order valence-corrected chi connectivity index (χ3v) is 2.52. The topological polar surface area (TPSA) is 52.6 Å². The lowest BCUT2D eigenvalue weighted by Crippen LogP contribution is -2.20. The number of carbonyl (C=O) groups excluding carboxylic acids is 1. The van der Waals surface area contributed by atoms with Crippen molar-refractivity contribution in [3.05, 3.63) is 0 Å². The first-order valence-corrected chi connectivity index (χ1v) is 6.01. The second-order valence-electron chi connectivity index (χ2n) is 3.44. The largest absolute Gasteiger partial charge is 0.469 e. The van der Waals surface area contributed by atoms with Crippen LogP contribution in [0, 0.1) is 5.92 Å². The van der Waals surface area contributed by atoms with Crippen LogP contribution in [0.25, 0.3) is 0 Å². The predicted octanol–water partition coefficient (Wildman–Crippen LogP) is 2.97. The lowest BCUT2D eigenvalue weighted by molar-refractivity contribution is -0.146. The number of carbonyl (C=O) groups is 1. The highest BCUT2D eigenvalue weighted by Gasteiger charge is 2.18. The summed E-state index contributed by atoms with van der Waals surface area (Å²) in [5.74, 6) is -0.566. The molecule has 0 spiro atoms. The van der Waals surface area contributed by atoms with E-state index >= 15 is 0 Å². The summed E-state index contributed by atoms with van der Waals surface area (Å²) < 4.78 is 19.5. The molecule has 0 N–H and O–H groups in total. The van der Waals surface area contributed by atoms with E-state index in [4.69, 9.17) is 4.52 Å². The molecule has 0 aromatic carbocycles. The molecule has 15 heavy (non-hydrogen) atoms. The van der Waals surface area contributed by atoms with Crippen molar-refractivity contribution in [2.75, 3.05) is 13.7 Å². The fourth-order valence-electron chi connectivity index (χ4n) is 1.37. The summed E-state index contributed by atoms with van der Waals surface area (Å²) in [6, 6.07) is 0. The Kier molecular flexibility index (Phi) is 9.75. The summed E-state index contributed by atoms with van der Waals surface area (Å²) in [4.78, 5) is 11.3. The molecular weight excluding hydrogens is 215 g/mol. The molecule has 0 aromatic heterocycles. The number of unbranched alkanes of at least 4 members (excludes halogenated alkanes) is 3. The molecule has 0 aliphatic rings. The number of ether oxygens (including phenoxy) is 1. The van der Waals surface area contributed by atoms with Crippen molar-refractivity contribution in [1.29, 1.82) is 0 Å². The van der Waals surface area contributed by atoms with Crippen LogP contribution in [0.15, 0.2) is 0 Å². The second kappa shape index (κ2) is 10.1. The Morgan fingerprint density at radius 2 is 2.07 bits per heavy atom. The molecule has 1 unspecified atom stereocenters. The Hall–Kier alpha value is -0.470. The van der Waals surface area contributed by atoms with Crippen molar-refractivity contribution in [2.45, 2.75) is 39.0 Å². The maximum absolute atomic E-state index is 11.3. The van der Waals surface area contributed by atoms with Crippen molar-refractivity contribution in [1.82, 2.24) is 0 Å². The third kappa shape index (κ3) is 7.46. The average molecular weight is 234 g/mol. The Morgan fingerprint density at radius 3 is 2.60 bits per heavy atom. The molecule has 0 aliphatic carbocycles. The van der Waals surface area contributed by atoms with Crippen LogP contribution in [-0.2, 0) is 18.6 Å². The van der Waals surface area contributed by atoms with Gasteiger partial charge in [-0.3, -0.25) is 9.32 Å². The van der Waals surface area contributed by atoms with E-state index < -0.39 is 0 Å². The van der Waals surface area contributed by atoms with E-state index in [2.05, 4.69) is 11.7 Å². The molecule has 4 nitrogen and oxygen atoms in total. The first-order chi connectivity index (χ1) is 7.26. The zero-order valence-corrected chi connectivity index (χ0v) is 10.3. The molecule has 0 bridgehead atoms. The molecule has 0 rings (SSSR count). The van der Waals surface area contributed by atoms with Gasteiger partial charge in [0, 0.05) is 0 Å². The van der Waals surface area contributed by atoms with Gasteiger partial charge in [0.05, 0.1) is 19.6 Å². The number of hydrogen-bond donors (Lipinski definition) is 0. The first-order valence-electron chi connectivity index (χ1n) is 5.28. The van der Waals surface area contributed by atoms with E-state index in [1.165, 1.54) is 20.0 Å². The standard InChI is InChI=1S/C10H19O4P/c1-3-4-5-6-7-9(8-14-15-12)10(11)13-2/h9H,3-8H2,1-2H3. The van der Waals surface area contributed by atoms with Crippen LogP contribution >= 0.6 is 8.69 Å². The van der Waals surface area contributed by atoms with Crippen molar-refractivity contribution < 1.29 is 18.6 Å². The van der Waals surface area contributed by atoms with Gasteiger partial charge in [-0.25, -0.2) is 4.57 Å². The van der Waals surface area contributed by atoms with Crippen LogP contribution in [0.5, 0.6) is 0 Å². The highest BCUT2D eigenvalue weighted by Crippen LogP contribution is 2.14. The number of methoxy groups -OCH3 is 1. The summed E-state index contributed by atoms with van der Waals surface area (Å²) >= 11 is 0. The Balaban J connectivity index is 3.79. The number of rotatable bonds is 9. The molecule has 0 amide bonds. The minimum atomic E-state index is -0.382. The maximum atomic E-state index is 11.3. The van der Waals surface area contributed by atoms with Crippen molar-refractivity contribution in [3.63, 3.8) is 0 Å².